The first-order valence-electron chi connectivity index (χ1n) is 13.4. The van der Waals surface area contributed by atoms with Crippen LogP contribution < -0.4 is 14.2 Å². The fourth-order valence-electron chi connectivity index (χ4n) is 3.58. The number of methoxy groups -OCH3 is 1. The number of esters is 2. The second kappa shape index (κ2) is 14.0. The summed E-state index contributed by atoms with van der Waals surface area (Å²) < 4.78 is 27.6. The van der Waals surface area contributed by atoms with Gasteiger partial charge in [0.15, 0.2) is 5.78 Å². The molecule has 0 atom stereocenters. The van der Waals surface area contributed by atoms with Crippen molar-refractivity contribution in [2.75, 3.05) is 20.7 Å². The van der Waals surface area contributed by atoms with Crippen LogP contribution in [0.3, 0.4) is 0 Å². The lowest BCUT2D eigenvalue weighted by Crippen LogP contribution is -2.25. The first-order valence-corrected chi connectivity index (χ1v) is 13.4. The zero-order valence-electron chi connectivity index (χ0n) is 25.1. The maximum atomic E-state index is 13.0. The van der Waals surface area contributed by atoms with Gasteiger partial charge in [-0.3, -0.25) is 14.4 Å². The molecule has 2 aromatic rings. The summed E-state index contributed by atoms with van der Waals surface area (Å²) in [4.78, 5) is 37.1. The van der Waals surface area contributed by atoms with E-state index in [1.54, 1.807) is 79.0 Å². The van der Waals surface area contributed by atoms with Crippen molar-refractivity contribution in [3.63, 3.8) is 0 Å². The van der Waals surface area contributed by atoms with Crippen molar-refractivity contribution in [1.82, 2.24) is 0 Å². The van der Waals surface area contributed by atoms with Crippen LogP contribution in [0.15, 0.2) is 36.4 Å². The van der Waals surface area contributed by atoms with Crippen LogP contribution in [-0.4, -0.2) is 38.4 Å². The Morgan fingerprint density at radius 1 is 0.750 bits per heavy atom. The molecular weight excluding hydrogens is 512 g/mol. The Hall–Kier alpha value is -3.81. The van der Waals surface area contributed by atoms with E-state index in [1.807, 2.05) is 19.9 Å². The molecule has 0 heterocycles. The van der Waals surface area contributed by atoms with Crippen LogP contribution in [0.4, 0.5) is 0 Å². The molecule has 0 aliphatic carbocycles. The smallest absolute Gasteiger partial charge is 0.314 e. The average Bonchev–Trinajstić information content (AvgIpc) is 2.90. The molecule has 0 unspecified atom stereocenters. The highest BCUT2D eigenvalue weighted by Gasteiger charge is 2.24. The van der Waals surface area contributed by atoms with E-state index in [9.17, 15) is 14.4 Å². The minimum Gasteiger partial charge on any atom is -0.496 e. The van der Waals surface area contributed by atoms with Crippen molar-refractivity contribution in [3.05, 3.63) is 58.7 Å². The van der Waals surface area contributed by atoms with Crippen molar-refractivity contribution in [3.8, 4) is 17.2 Å². The fourth-order valence-corrected chi connectivity index (χ4v) is 3.58. The predicted molar refractivity (Wildman–Crippen MR) is 154 cm³/mol. The number of rotatable bonds is 12. The van der Waals surface area contributed by atoms with Crippen molar-refractivity contribution in [2.24, 2.45) is 10.8 Å². The molecular formula is C32H42O8. The zero-order valence-corrected chi connectivity index (χ0v) is 25.1. The Bertz CT molecular complexity index is 1210. The number of allylic oxidation sites excluding steroid dienone is 1. The van der Waals surface area contributed by atoms with Gasteiger partial charge < -0.3 is 23.7 Å². The summed E-state index contributed by atoms with van der Waals surface area (Å²) in [5.41, 5.74) is 1.64. The van der Waals surface area contributed by atoms with Gasteiger partial charge in [0.05, 0.1) is 23.5 Å². The van der Waals surface area contributed by atoms with Gasteiger partial charge in [0.2, 0.25) is 13.6 Å². The van der Waals surface area contributed by atoms with Gasteiger partial charge in [0, 0.05) is 5.56 Å². The van der Waals surface area contributed by atoms with Gasteiger partial charge in [-0.05, 0) is 108 Å². The quantitative estimate of drug-likeness (QED) is 0.126. The fraction of sp³-hybridized carbons (Fsp3) is 0.469. The highest BCUT2D eigenvalue weighted by molar-refractivity contribution is 6.07. The van der Waals surface area contributed by atoms with Gasteiger partial charge in [-0.25, -0.2) is 0 Å². The lowest BCUT2D eigenvalue weighted by molar-refractivity contribution is -0.160. The van der Waals surface area contributed by atoms with Crippen LogP contribution in [0.25, 0.3) is 6.08 Å². The van der Waals surface area contributed by atoms with Crippen molar-refractivity contribution >= 4 is 23.8 Å². The number of carbonyl (C=O) groups is 3. The SMILES string of the molecule is CCc1cc(CC)c(OCOC(=O)C(C)(C)C)c(C=CC(=O)c2ccc(OCOC(=O)C(C)(C)C)cc2)c1OC. The first-order chi connectivity index (χ1) is 18.7. The summed E-state index contributed by atoms with van der Waals surface area (Å²) in [6.45, 7) is 14.1. The number of aryl methyl sites for hydroxylation is 2. The Morgan fingerprint density at radius 2 is 1.25 bits per heavy atom. The summed E-state index contributed by atoms with van der Waals surface area (Å²) in [6.07, 6.45) is 4.50. The normalized spacial score (nSPS) is 11.7. The van der Waals surface area contributed by atoms with Crippen LogP contribution in [0.1, 0.15) is 82.4 Å². The maximum Gasteiger partial charge on any atom is 0.314 e. The number of ketones is 1. The molecule has 0 aromatic heterocycles. The minimum atomic E-state index is -0.659. The standard InChI is InChI=1S/C32H42O8/c1-10-21-18-22(11-2)28(38-20-40-30(35)32(6,7)8)25(27(21)36-9)16-17-26(33)23-12-14-24(15-13-23)37-19-39-29(34)31(3,4)5/h12-18H,10-11,19-20H2,1-9H3. The summed E-state index contributed by atoms with van der Waals surface area (Å²) in [5.74, 6) is 0.569. The van der Waals surface area contributed by atoms with Crippen LogP contribution >= 0.6 is 0 Å². The molecule has 40 heavy (non-hydrogen) atoms. The first kappa shape index (κ1) is 32.4. The van der Waals surface area contributed by atoms with Crippen LogP contribution in [-0.2, 0) is 31.9 Å². The minimum absolute atomic E-state index is 0.218. The van der Waals surface area contributed by atoms with Crippen molar-refractivity contribution in [1.29, 1.82) is 0 Å². The van der Waals surface area contributed by atoms with Crippen LogP contribution in [0.2, 0.25) is 0 Å². The zero-order chi connectivity index (χ0) is 30.1. The number of ether oxygens (including phenoxy) is 5. The third kappa shape index (κ3) is 8.86. The van der Waals surface area contributed by atoms with Gasteiger partial charge in [0.1, 0.15) is 17.2 Å². The van der Waals surface area contributed by atoms with E-state index in [0.717, 1.165) is 17.5 Å². The maximum absolute atomic E-state index is 13.0. The molecule has 0 radical (unpaired) electrons. The summed E-state index contributed by atoms with van der Waals surface area (Å²) in [5, 5.41) is 0. The van der Waals surface area contributed by atoms with Crippen molar-refractivity contribution < 1.29 is 38.1 Å². The molecule has 0 spiro atoms. The largest absolute Gasteiger partial charge is 0.496 e. The summed E-state index contributed by atoms with van der Waals surface area (Å²) in [6, 6.07) is 8.55. The molecule has 0 bridgehead atoms. The van der Waals surface area contributed by atoms with E-state index >= 15 is 0 Å². The average molecular weight is 555 g/mol. The molecule has 0 aliphatic heterocycles. The molecule has 0 fully saturated rings. The molecule has 8 nitrogen and oxygen atoms in total. The lowest BCUT2D eigenvalue weighted by Gasteiger charge is -2.21. The number of hydrogen-bond acceptors (Lipinski definition) is 8. The monoisotopic (exact) mass is 554 g/mol. The molecule has 218 valence electrons. The predicted octanol–water partition coefficient (Wildman–Crippen LogP) is 6.57. The highest BCUT2D eigenvalue weighted by Crippen LogP contribution is 2.38. The van der Waals surface area contributed by atoms with E-state index in [0.29, 0.717) is 34.8 Å². The molecule has 0 amide bonds. The Kier molecular flexibility index (Phi) is 11.3. The van der Waals surface area contributed by atoms with Gasteiger partial charge in [0.25, 0.3) is 0 Å². The van der Waals surface area contributed by atoms with Gasteiger partial charge in [-0.2, -0.15) is 0 Å². The molecule has 0 saturated heterocycles. The van der Waals surface area contributed by atoms with Crippen LogP contribution in [0.5, 0.6) is 17.2 Å². The second-order valence-corrected chi connectivity index (χ2v) is 11.3. The van der Waals surface area contributed by atoms with Gasteiger partial charge in [-0.15, -0.1) is 0 Å². The molecule has 2 rings (SSSR count). The molecule has 2 aromatic carbocycles. The molecule has 0 aliphatic rings. The molecule has 0 N–H and O–H groups in total. The number of hydrogen-bond donors (Lipinski definition) is 0. The van der Waals surface area contributed by atoms with E-state index in [2.05, 4.69) is 0 Å². The van der Waals surface area contributed by atoms with Gasteiger partial charge in [-0.1, -0.05) is 13.8 Å². The van der Waals surface area contributed by atoms with Crippen molar-refractivity contribution in [2.45, 2.75) is 68.2 Å². The number of benzene rings is 2. The lowest BCUT2D eigenvalue weighted by atomic mass is 9.97. The third-order valence-corrected chi connectivity index (χ3v) is 5.96. The Labute approximate surface area is 237 Å². The topological polar surface area (TPSA) is 97.4 Å². The van der Waals surface area contributed by atoms with E-state index in [4.69, 9.17) is 23.7 Å². The summed E-state index contributed by atoms with van der Waals surface area (Å²) >= 11 is 0. The van der Waals surface area contributed by atoms with E-state index < -0.39 is 10.8 Å². The van der Waals surface area contributed by atoms with Gasteiger partial charge >= 0.3 is 11.9 Å². The van der Waals surface area contributed by atoms with E-state index in [-0.39, 0.29) is 31.3 Å². The third-order valence-electron chi connectivity index (χ3n) is 5.96. The number of carbonyl (C=O) groups excluding carboxylic acids is 3. The highest BCUT2D eigenvalue weighted by atomic mass is 16.7. The molecule has 8 heteroatoms. The second-order valence-electron chi connectivity index (χ2n) is 11.3. The Balaban J connectivity index is 2.26. The van der Waals surface area contributed by atoms with E-state index in [1.165, 1.54) is 6.08 Å². The molecule has 0 saturated carbocycles. The summed E-state index contributed by atoms with van der Waals surface area (Å²) in [7, 11) is 1.57. The Morgan fingerprint density at radius 3 is 1.73 bits per heavy atom. The van der Waals surface area contributed by atoms with Crippen LogP contribution in [0, 0.1) is 10.8 Å².